The third kappa shape index (κ3) is 4.64. The molecular formula is C24H29N5O3S2. The predicted molar refractivity (Wildman–Crippen MR) is 139 cm³/mol. The number of ether oxygens (including phenoxy) is 1. The number of carbonyl (C=O) groups excluding carboxylic acids is 1. The van der Waals surface area contributed by atoms with Crippen molar-refractivity contribution in [3.05, 3.63) is 44.7 Å². The van der Waals surface area contributed by atoms with Gasteiger partial charge in [-0.1, -0.05) is 42.9 Å². The number of aryl methyl sites for hydroxylation is 1. The maximum absolute atomic E-state index is 13.5. The van der Waals surface area contributed by atoms with Crippen molar-refractivity contribution in [2.45, 2.75) is 38.6 Å². The van der Waals surface area contributed by atoms with Gasteiger partial charge in [0.05, 0.1) is 23.7 Å². The van der Waals surface area contributed by atoms with Crippen LogP contribution in [0.5, 0.6) is 0 Å². The summed E-state index contributed by atoms with van der Waals surface area (Å²) in [5.41, 5.74) is 1.71. The second-order valence-corrected chi connectivity index (χ2v) is 10.6. The maximum atomic E-state index is 13.5. The van der Waals surface area contributed by atoms with E-state index in [1.165, 1.54) is 11.8 Å². The highest BCUT2D eigenvalue weighted by atomic mass is 32.2. The predicted octanol–water partition coefficient (Wildman–Crippen LogP) is 2.89. The van der Waals surface area contributed by atoms with Crippen molar-refractivity contribution in [2.75, 3.05) is 44.7 Å². The monoisotopic (exact) mass is 499 g/mol. The first-order valence-corrected chi connectivity index (χ1v) is 13.1. The number of rotatable bonds is 6. The number of thiocarbonyl (C=S) groups is 1. The van der Waals surface area contributed by atoms with E-state index in [1.807, 2.05) is 19.1 Å². The Morgan fingerprint density at radius 1 is 1.26 bits per heavy atom. The molecule has 1 N–H and O–H groups in total. The first kappa shape index (κ1) is 23.5. The molecule has 180 valence electrons. The Kier molecular flexibility index (Phi) is 7.01. The first-order chi connectivity index (χ1) is 16.5. The fourth-order valence-electron chi connectivity index (χ4n) is 4.82. The summed E-state index contributed by atoms with van der Waals surface area (Å²) in [7, 11) is 0. The number of hydrogen-bond donors (Lipinski definition) is 1. The highest BCUT2D eigenvalue weighted by Crippen LogP contribution is 2.38. The van der Waals surface area contributed by atoms with Crippen LogP contribution in [0.25, 0.3) is 11.7 Å². The average Bonchev–Trinajstić information content (AvgIpc) is 3.45. The number of nitrogens with one attached hydrogen (secondary N) is 1. The van der Waals surface area contributed by atoms with Gasteiger partial charge in [-0.25, -0.2) is 4.98 Å². The number of morpholine rings is 1. The van der Waals surface area contributed by atoms with Crippen molar-refractivity contribution >= 4 is 51.7 Å². The Balaban J connectivity index is 1.48. The number of nitrogens with zero attached hydrogens (tertiary/aromatic N) is 4. The van der Waals surface area contributed by atoms with E-state index in [9.17, 15) is 9.59 Å². The molecule has 0 spiro atoms. The minimum absolute atomic E-state index is 0.102. The molecule has 10 heteroatoms. The van der Waals surface area contributed by atoms with E-state index in [-0.39, 0.29) is 17.5 Å². The zero-order valence-corrected chi connectivity index (χ0v) is 20.9. The third-order valence-electron chi connectivity index (χ3n) is 6.70. The highest BCUT2D eigenvalue weighted by molar-refractivity contribution is 8.26. The molecule has 0 atom stereocenters. The molecule has 1 amide bonds. The van der Waals surface area contributed by atoms with Gasteiger partial charge >= 0.3 is 0 Å². The first-order valence-electron chi connectivity index (χ1n) is 11.9. The lowest BCUT2D eigenvalue weighted by atomic mass is 10.2. The van der Waals surface area contributed by atoms with Gasteiger partial charge in [0.1, 0.15) is 15.8 Å². The zero-order valence-electron chi connectivity index (χ0n) is 19.3. The Bertz CT molecular complexity index is 1200. The van der Waals surface area contributed by atoms with Crippen LogP contribution < -0.4 is 10.9 Å². The average molecular weight is 500 g/mol. The summed E-state index contributed by atoms with van der Waals surface area (Å²) in [5, 5.41) is 3.37. The Morgan fingerprint density at radius 3 is 2.79 bits per heavy atom. The quantitative estimate of drug-likeness (QED) is 0.480. The summed E-state index contributed by atoms with van der Waals surface area (Å²) in [5.74, 6) is 0.397. The summed E-state index contributed by atoms with van der Waals surface area (Å²) < 4.78 is 7.55. The van der Waals surface area contributed by atoms with Gasteiger partial charge in [0.2, 0.25) is 0 Å². The maximum Gasteiger partial charge on any atom is 0.267 e. The van der Waals surface area contributed by atoms with Crippen LogP contribution in [0.1, 0.15) is 36.8 Å². The molecule has 2 saturated heterocycles. The second kappa shape index (κ2) is 10.2. The third-order valence-corrected chi connectivity index (χ3v) is 8.03. The molecule has 0 unspecified atom stereocenters. The standard InChI is InChI=1S/C24H29N5O3S2/c1-16-5-4-9-28-21(16)26-20(25-8-10-27-11-13-32-14-12-27)18(22(28)30)15-19-23(31)29(24(33)34-19)17-6-2-3-7-17/h4-5,9,15,17,25H,2-3,6-8,10-14H2,1H3. The van der Waals surface area contributed by atoms with E-state index in [1.54, 1.807) is 21.6 Å². The molecule has 2 aromatic rings. The minimum Gasteiger partial charge on any atom is -0.379 e. The number of anilines is 1. The summed E-state index contributed by atoms with van der Waals surface area (Å²) in [6.07, 6.45) is 7.59. The SMILES string of the molecule is Cc1cccn2c(=O)c(C=C3SC(=S)N(C4CCCC4)C3=O)c(NCCN3CCOCC3)nc12. The van der Waals surface area contributed by atoms with Gasteiger partial charge in [0.15, 0.2) is 0 Å². The topological polar surface area (TPSA) is 79.2 Å². The van der Waals surface area contributed by atoms with E-state index >= 15 is 0 Å². The van der Waals surface area contributed by atoms with Crippen molar-refractivity contribution < 1.29 is 9.53 Å². The van der Waals surface area contributed by atoms with Crippen molar-refractivity contribution in [3.8, 4) is 0 Å². The number of pyridine rings is 1. The number of aromatic nitrogens is 2. The van der Waals surface area contributed by atoms with Gasteiger partial charge in [-0.2, -0.15) is 0 Å². The van der Waals surface area contributed by atoms with Gasteiger partial charge in [-0.05, 0) is 37.5 Å². The van der Waals surface area contributed by atoms with E-state index in [4.69, 9.17) is 21.9 Å². The number of amides is 1. The zero-order chi connectivity index (χ0) is 23.7. The molecule has 3 aliphatic rings. The summed E-state index contributed by atoms with van der Waals surface area (Å²) in [6, 6.07) is 3.94. The van der Waals surface area contributed by atoms with Crippen LogP contribution in [0.4, 0.5) is 5.82 Å². The van der Waals surface area contributed by atoms with Crippen LogP contribution >= 0.6 is 24.0 Å². The molecule has 4 heterocycles. The van der Waals surface area contributed by atoms with Gasteiger partial charge in [0.25, 0.3) is 11.5 Å². The normalized spacial score (nSPS) is 21.3. The second-order valence-electron chi connectivity index (χ2n) is 8.93. The highest BCUT2D eigenvalue weighted by Gasteiger charge is 2.38. The summed E-state index contributed by atoms with van der Waals surface area (Å²) in [6.45, 7) is 6.66. The fourth-order valence-corrected chi connectivity index (χ4v) is 6.20. The fraction of sp³-hybridized carbons (Fsp3) is 0.500. The molecule has 1 saturated carbocycles. The van der Waals surface area contributed by atoms with E-state index in [2.05, 4.69) is 10.2 Å². The molecule has 0 aromatic carbocycles. The van der Waals surface area contributed by atoms with E-state index in [0.717, 1.165) is 64.1 Å². The smallest absolute Gasteiger partial charge is 0.267 e. The van der Waals surface area contributed by atoms with Gasteiger partial charge in [0, 0.05) is 38.4 Å². The van der Waals surface area contributed by atoms with Gasteiger partial charge in [-0.3, -0.25) is 23.8 Å². The van der Waals surface area contributed by atoms with Crippen molar-refractivity contribution in [1.82, 2.24) is 19.2 Å². The van der Waals surface area contributed by atoms with Gasteiger partial charge < -0.3 is 10.1 Å². The lowest BCUT2D eigenvalue weighted by molar-refractivity contribution is -0.123. The molecule has 2 aliphatic heterocycles. The van der Waals surface area contributed by atoms with Crippen molar-refractivity contribution in [2.24, 2.45) is 0 Å². The lowest BCUT2D eigenvalue weighted by Gasteiger charge is -2.26. The number of carbonyl (C=O) groups is 1. The molecular weight excluding hydrogens is 470 g/mol. The molecule has 2 aromatic heterocycles. The number of thioether (sulfide) groups is 1. The van der Waals surface area contributed by atoms with Crippen LogP contribution in [-0.4, -0.2) is 74.8 Å². The van der Waals surface area contributed by atoms with Crippen molar-refractivity contribution in [1.29, 1.82) is 0 Å². The van der Waals surface area contributed by atoms with Crippen LogP contribution in [0, 0.1) is 6.92 Å². The van der Waals surface area contributed by atoms with Crippen LogP contribution in [0.2, 0.25) is 0 Å². The molecule has 1 aliphatic carbocycles. The molecule has 0 radical (unpaired) electrons. The van der Waals surface area contributed by atoms with Crippen LogP contribution in [0.15, 0.2) is 28.0 Å². The molecule has 5 rings (SSSR count). The summed E-state index contributed by atoms with van der Waals surface area (Å²) in [4.78, 5) is 36.1. The Hall–Kier alpha value is -2.27. The largest absolute Gasteiger partial charge is 0.379 e. The Labute approximate surface area is 208 Å². The number of hydrogen-bond acceptors (Lipinski definition) is 8. The van der Waals surface area contributed by atoms with Crippen molar-refractivity contribution in [3.63, 3.8) is 0 Å². The van der Waals surface area contributed by atoms with Crippen LogP contribution in [0.3, 0.4) is 0 Å². The molecule has 8 nitrogen and oxygen atoms in total. The molecule has 34 heavy (non-hydrogen) atoms. The van der Waals surface area contributed by atoms with Crippen LogP contribution in [-0.2, 0) is 9.53 Å². The molecule has 0 bridgehead atoms. The Morgan fingerprint density at radius 2 is 2.03 bits per heavy atom. The number of fused-ring (bicyclic) bond motifs is 1. The van der Waals surface area contributed by atoms with E-state index in [0.29, 0.717) is 32.8 Å². The summed E-state index contributed by atoms with van der Waals surface area (Å²) >= 11 is 6.83. The molecule has 3 fully saturated rings. The minimum atomic E-state index is -0.200. The van der Waals surface area contributed by atoms with Gasteiger partial charge in [-0.15, -0.1) is 0 Å². The lowest BCUT2D eigenvalue weighted by Crippen LogP contribution is -2.39. The van der Waals surface area contributed by atoms with E-state index < -0.39 is 0 Å².